The summed E-state index contributed by atoms with van der Waals surface area (Å²) in [5, 5.41) is 11.3. The van der Waals surface area contributed by atoms with Gasteiger partial charge in [0.25, 0.3) is 10.2 Å². The van der Waals surface area contributed by atoms with Gasteiger partial charge in [-0.1, -0.05) is 74.0 Å². The Bertz CT molecular complexity index is 1440. The van der Waals surface area contributed by atoms with Crippen LogP contribution in [0.25, 0.3) is 22.9 Å². The number of benzene rings is 3. The number of anilines is 1. The molecular formula is C29H33N3O5S. The van der Waals surface area contributed by atoms with Crippen molar-refractivity contribution < 1.29 is 23.1 Å². The van der Waals surface area contributed by atoms with E-state index in [9.17, 15) is 23.1 Å². The van der Waals surface area contributed by atoms with Crippen molar-refractivity contribution in [3.05, 3.63) is 77.4 Å². The molecule has 2 N–H and O–H groups in total. The molecule has 1 unspecified atom stereocenters. The number of fused-ring (bicyclic) bond motifs is 1. The Morgan fingerprint density at radius 2 is 1.66 bits per heavy atom. The van der Waals surface area contributed by atoms with Crippen molar-refractivity contribution in [3.8, 4) is 0 Å². The molecule has 0 spiro atoms. The number of hydrogen-bond donors (Lipinski definition) is 2. The molecule has 1 heterocycles. The number of ketones is 1. The second-order valence-corrected chi connectivity index (χ2v) is 11.1. The second kappa shape index (κ2) is 11.9. The summed E-state index contributed by atoms with van der Waals surface area (Å²) in [6.07, 6.45) is 4.74. The first-order valence-corrected chi connectivity index (χ1v) is 14.2. The highest BCUT2D eigenvalue weighted by molar-refractivity contribution is 7.87. The van der Waals surface area contributed by atoms with Crippen molar-refractivity contribution in [2.75, 3.05) is 31.1 Å². The number of hydrogen-bond acceptors (Lipinski definition) is 5. The lowest BCUT2D eigenvalue weighted by atomic mass is 9.95. The van der Waals surface area contributed by atoms with Gasteiger partial charge in [-0.3, -0.25) is 9.59 Å². The number of carboxylic acid groups (broad SMARTS) is 1. The third kappa shape index (κ3) is 6.30. The molecule has 1 saturated heterocycles. The molecule has 0 bridgehead atoms. The van der Waals surface area contributed by atoms with Gasteiger partial charge in [-0.15, -0.1) is 0 Å². The zero-order valence-corrected chi connectivity index (χ0v) is 22.4. The Hall–Kier alpha value is -3.53. The van der Waals surface area contributed by atoms with E-state index in [2.05, 4.69) is 9.62 Å². The predicted octanol–water partition coefficient (Wildman–Crippen LogP) is 4.42. The highest BCUT2D eigenvalue weighted by atomic mass is 32.2. The van der Waals surface area contributed by atoms with Crippen LogP contribution < -0.4 is 9.62 Å². The zero-order chi connectivity index (χ0) is 27.3. The first-order valence-electron chi connectivity index (χ1n) is 12.8. The number of carbonyl (C=O) groups excluding carboxylic acids is 1. The topological polar surface area (TPSA) is 107 Å². The smallest absolute Gasteiger partial charge is 0.321 e. The molecule has 0 aliphatic carbocycles. The van der Waals surface area contributed by atoms with Crippen LogP contribution in [0.3, 0.4) is 0 Å². The van der Waals surface area contributed by atoms with Crippen LogP contribution in [0.15, 0.2) is 60.7 Å². The molecule has 200 valence electrons. The molecule has 1 atom stereocenters. The Kier molecular flexibility index (Phi) is 8.61. The lowest BCUT2D eigenvalue weighted by Crippen LogP contribution is -2.54. The lowest BCUT2D eigenvalue weighted by Gasteiger charge is -2.35. The van der Waals surface area contributed by atoms with Crippen LogP contribution in [-0.4, -0.2) is 61.8 Å². The van der Waals surface area contributed by atoms with Gasteiger partial charge in [0.15, 0.2) is 5.78 Å². The Morgan fingerprint density at radius 1 is 0.974 bits per heavy atom. The molecule has 3 aromatic rings. The fourth-order valence-electron chi connectivity index (χ4n) is 4.76. The SMILES string of the molecule is CCCC(NS(=O)(=O)N1CCN(c2ccc(C=Cc3ccc4ccccc4c3C(C)=O)cc2)CC1)C(=O)O. The van der Waals surface area contributed by atoms with Crippen LogP contribution in [0.1, 0.15) is 48.2 Å². The van der Waals surface area contributed by atoms with E-state index in [1.54, 1.807) is 6.92 Å². The van der Waals surface area contributed by atoms with Gasteiger partial charge in [-0.25, -0.2) is 0 Å². The maximum atomic E-state index is 12.7. The van der Waals surface area contributed by atoms with E-state index in [0.717, 1.165) is 27.6 Å². The molecule has 0 radical (unpaired) electrons. The summed E-state index contributed by atoms with van der Waals surface area (Å²) in [5.41, 5.74) is 3.55. The van der Waals surface area contributed by atoms with E-state index < -0.39 is 22.2 Å². The van der Waals surface area contributed by atoms with E-state index in [0.29, 0.717) is 25.1 Å². The molecule has 0 saturated carbocycles. The second-order valence-electron chi connectivity index (χ2n) is 9.42. The number of Topliss-reactive ketones (excluding diaryl/α,β-unsaturated/α-hetero) is 1. The van der Waals surface area contributed by atoms with Crippen molar-refractivity contribution >= 4 is 50.6 Å². The maximum Gasteiger partial charge on any atom is 0.321 e. The first kappa shape index (κ1) is 27.5. The fraction of sp³-hybridized carbons (Fsp3) is 0.310. The third-order valence-electron chi connectivity index (χ3n) is 6.77. The van der Waals surface area contributed by atoms with Gasteiger partial charge < -0.3 is 10.0 Å². The molecule has 1 aliphatic heterocycles. The number of aliphatic carboxylic acids is 1. The highest BCUT2D eigenvalue weighted by Gasteiger charge is 2.31. The van der Waals surface area contributed by atoms with Gasteiger partial charge in [0.1, 0.15) is 6.04 Å². The van der Waals surface area contributed by atoms with Crippen LogP contribution in [0.4, 0.5) is 5.69 Å². The Balaban J connectivity index is 1.41. The monoisotopic (exact) mass is 535 g/mol. The minimum Gasteiger partial charge on any atom is -0.480 e. The summed E-state index contributed by atoms with van der Waals surface area (Å²) in [6, 6.07) is 18.7. The molecule has 0 aromatic heterocycles. The summed E-state index contributed by atoms with van der Waals surface area (Å²) >= 11 is 0. The molecule has 4 rings (SSSR count). The molecule has 1 fully saturated rings. The lowest BCUT2D eigenvalue weighted by molar-refractivity contribution is -0.139. The van der Waals surface area contributed by atoms with Crippen molar-refractivity contribution in [2.45, 2.75) is 32.7 Å². The molecule has 3 aromatic carbocycles. The highest BCUT2D eigenvalue weighted by Crippen LogP contribution is 2.25. The standard InChI is InChI=1S/C29H33N3O5S/c1-3-6-27(29(34)35)30-38(36,37)32-19-17-31(18-20-32)25-15-10-22(11-16-25)9-12-24-14-13-23-7-4-5-8-26(23)28(24)21(2)33/h4-5,7-16,27,30H,3,6,17-20H2,1-2H3,(H,34,35). The van der Waals surface area contributed by atoms with Crippen molar-refractivity contribution in [3.63, 3.8) is 0 Å². The van der Waals surface area contributed by atoms with Crippen LogP contribution in [-0.2, 0) is 15.0 Å². The van der Waals surface area contributed by atoms with Gasteiger partial charge in [-0.05, 0) is 47.4 Å². The third-order valence-corrected chi connectivity index (χ3v) is 8.40. The van der Waals surface area contributed by atoms with Gasteiger partial charge in [-0.2, -0.15) is 17.4 Å². The molecular weight excluding hydrogens is 502 g/mol. The van der Waals surface area contributed by atoms with Crippen LogP contribution in [0.5, 0.6) is 0 Å². The van der Waals surface area contributed by atoms with Crippen molar-refractivity contribution in [1.82, 2.24) is 9.03 Å². The molecule has 0 amide bonds. The number of rotatable bonds is 10. The summed E-state index contributed by atoms with van der Waals surface area (Å²) in [6.45, 7) is 4.94. The van der Waals surface area contributed by atoms with Crippen molar-refractivity contribution in [1.29, 1.82) is 0 Å². The van der Waals surface area contributed by atoms with E-state index in [1.807, 2.05) is 79.7 Å². The summed E-state index contributed by atoms with van der Waals surface area (Å²) < 4.78 is 29.0. The summed E-state index contributed by atoms with van der Waals surface area (Å²) in [7, 11) is -3.88. The van der Waals surface area contributed by atoms with Gasteiger partial charge in [0.2, 0.25) is 0 Å². The van der Waals surface area contributed by atoms with E-state index >= 15 is 0 Å². The molecule has 38 heavy (non-hydrogen) atoms. The van der Waals surface area contributed by atoms with Crippen LogP contribution >= 0.6 is 0 Å². The predicted molar refractivity (Wildman–Crippen MR) is 151 cm³/mol. The number of carbonyl (C=O) groups is 2. The average Bonchev–Trinajstić information content (AvgIpc) is 2.91. The van der Waals surface area contributed by atoms with E-state index in [4.69, 9.17) is 0 Å². The van der Waals surface area contributed by atoms with Gasteiger partial charge >= 0.3 is 5.97 Å². The van der Waals surface area contributed by atoms with E-state index in [1.165, 1.54) is 4.31 Å². The normalized spacial score (nSPS) is 15.7. The first-order chi connectivity index (χ1) is 18.2. The minimum absolute atomic E-state index is 0.0250. The zero-order valence-electron chi connectivity index (χ0n) is 21.6. The molecule has 9 heteroatoms. The van der Waals surface area contributed by atoms with Crippen LogP contribution in [0, 0.1) is 0 Å². The van der Waals surface area contributed by atoms with Crippen molar-refractivity contribution in [2.24, 2.45) is 0 Å². The largest absolute Gasteiger partial charge is 0.480 e. The Morgan fingerprint density at radius 3 is 2.29 bits per heavy atom. The number of piperazine rings is 1. The number of carboxylic acids is 1. The minimum atomic E-state index is -3.88. The summed E-state index contributed by atoms with van der Waals surface area (Å²) in [4.78, 5) is 25.9. The van der Waals surface area contributed by atoms with Gasteiger partial charge in [0.05, 0.1) is 0 Å². The number of nitrogens with one attached hydrogen (secondary N) is 1. The molecule has 8 nitrogen and oxygen atoms in total. The quantitative estimate of drug-likeness (QED) is 0.294. The fourth-order valence-corrected chi connectivity index (χ4v) is 6.14. The van der Waals surface area contributed by atoms with Gasteiger partial charge in [0, 0.05) is 37.4 Å². The number of nitrogens with zero attached hydrogens (tertiary/aromatic N) is 2. The van der Waals surface area contributed by atoms with E-state index in [-0.39, 0.29) is 25.3 Å². The Labute approximate surface area is 223 Å². The van der Waals surface area contributed by atoms with Crippen LogP contribution in [0.2, 0.25) is 0 Å². The maximum absolute atomic E-state index is 12.7. The molecule has 1 aliphatic rings. The average molecular weight is 536 g/mol. The summed E-state index contributed by atoms with van der Waals surface area (Å²) in [5.74, 6) is -1.14.